The van der Waals surface area contributed by atoms with Gasteiger partial charge in [0, 0.05) is 12.1 Å². The molecule has 1 aromatic carbocycles. The number of sulfonamides is 1. The fraction of sp³-hybridized carbons (Fsp3) is 0.562. The molecule has 0 spiro atoms. The van der Waals surface area contributed by atoms with Gasteiger partial charge in [-0.3, -0.25) is 9.10 Å². The van der Waals surface area contributed by atoms with Gasteiger partial charge in [0.05, 0.1) is 24.1 Å². The average molecular weight is 340 g/mol. The van der Waals surface area contributed by atoms with Crippen LogP contribution in [0.15, 0.2) is 24.3 Å². The van der Waals surface area contributed by atoms with E-state index in [9.17, 15) is 18.3 Å². The highest BCUT2D eigenvalue weighted by Gasteiger charge is 2.28. The van der Waals surface area contributed by atoms with E-state index in [2.05, 4.69) is 5.32 Å². The number of aliphatic hydroxyl groups excluding tert-OH is 1. The second-order valence-electron chi connectivity index (χ2n) is 6.27. The molecule has 1 aliphatic rings. The number of rotatable bonds is 6. The van der Waals surface area contributed by atoms with Gasteiger partial charge in [-0.25, -0.2) is 8.42 Å². The number of anilines is 1. The minimum absolute atomic E-state index is 0.103. The summed E-state index contributed by atoms with van der Waals surface area (Å²) in [6.07, 6.45) is 1.32. The van der Waals surface area contributed by atoms with Crippen molar-refractivity contribution >= 4 is 21.6 Å². The molecule has 0 bridgehead atoms. The minimum atomic E-state index is -3.21. The maximum absolute atomic E-state index is 12.2. The first kappa shape index (κ1) is 17.7. The second kappa shape index (κ2) is 7.31. The Labute approximate surface area is 137 Å². The zero-order valence-electron chi connectivity index (χ0n) is 13.5. The third kappa shape index (κ3) is 4.45. The summed E-state index contributed by atoms with van der Waals surface area (Å²) in [5, 5.41) is 12.1. The van der Waals surface area contributed by atoms with E-state index in [0.717, 1.165) is 0 Å². The van der Waals surface area contributed by atoms with Crippen LogP contribution in [-0.2, 0) is 10.0 Å². The zero-order chi connectivity index (χ0) is 17.0. The summed E-state index contributed by atoms with van der Waals surface area (Å²) in [5.41, 5.74) is 1.03. The van der Waals surface area contributed by atoms with Crippen LogP contribution < -0.4 is 9.62 Å². The number of nitrogens with zero attached hydrogens (tertiary/aromatic N) is 1. The molecular formula is C16H24N2O4S. The molecule has 1 atom stereocenters. The molecule has 7 heteroatoms. The van der Waals surface area contributed by atoms with Crippen molar-refractivity contribution in [2.24, 2.45) is 5.92 Å². The van der Waals surface area contributed by atoms with Crippen LogP contribution in [0.25, 0.3) is 0 Å². The fourth-order valence-corrected chi connectivity index (χ4v) is 4.29. The van der Waals surface area contributed by atoms with Gasteiger partial charge < -0.3 is 10.4 Å². The van der Waals surface area contributed by atoms with Gasteiger partial charge in [-0.1, -0.05) is 13.8 Å². The van der Waals surface area contributed by atoms with E-state index >= 15 is 0 Å². The lowest BCUT2D eigenvalue weighted by molar-refractivity contribution is 0.0908. The largest absolute Gasteiger partial charge is 0.394 e. The molecule has 1 saturated heterocycles. The maximum atomic E-state index is 12.2. The average Bonchev–Trinajstić information content (AvgIpc) is 2.85. The number of amides is 1. The Balaban J connectivity index is 2.05. The predicted molar refractivity (Wildman–Crippen MR) is 90.0 cm³/mol. The highest BCUT2D eigenvalue weighted by molar-refractivity contribution is 7.93. The molecule has 1 fully saturated rings. The van der Waals surface area contributed by atoms with E-state index in [4.69, 9.17) is 0 Å². The van der Waals surface area contributed by atoms with Crippen molar-refractivity contribution in [1.82, 2.24) is 5.32 Å². The van der Waals surface area contributed by atoms with Crippen LogP contribution in [0.4, 0.5) is 5.69 Å². The molecule has 0 saturated carbocycles. The number of nitrogens with one attached hydrogen (secondary N) is 1. The highest BCUT2D eigenvalue weighted by Crippen LogP contribution is 2.24. The van der Waals surface area contributed by atoms with Crippen molar-refractivity contribution in [3.63, 3.8) is 0 Å². The summed E-state index contributed by atoms with van der Waals surface area (Å²) in [6.45, 7) is 4.43. The van der Waals surface area contributed by atoms with Crippen molar-refractivity contribution in [2.45, 2.75) is 32.7 Å². The Kier molecular flexibility index (Phi) is 5.64. The number of benzene rings is 1. The first-order chi connectivity index (χ1) is 10.8. The summed E-state index contributed by atoms with van der Waals surface area (Å²) in [7, 11) is -3.21. The fourth-order valence-electron chi connectivity index (χ4n) is 2.73. The lowest BCUT2D eigenvalue weighted by Gasteiger charge is -2.19. The van der Waals surface area contributed by atoms with Crippen molar-refractivity contribution < 1.29 is 18.3 Å². The molecule has 0 radical (unpaired) electrons. The van der Waals surface area contributed by atoms with Crippen LogP contribution in [0, 0.1) is 5.92 Å². The molecular weight excluding hydrogens is 316 g/mol. The van der Waals surface area contributed by atoms with Gasteiger partial charge >= 0.3 is 0 Å². The van der Waals surface area contributed by atoms with Crippen LogP contribution in [0.1, 0.15) is 37.0 Å². The van der Waals surface area contributed by atoms with Gasteiger partial charge in [0.2, 0.25) is 10.0 Å². The Hall–Kier alpha value is -1.60. The summed E-state index contributed by atoms with van der Waals surface area (Å²) in [4.78, 5) is 12.2. The van der Waals surface area contributed by atoms with E-state index in [-0.39, 0.29) is 24.3 Å². The molecule has 6 nitrogen and oxygen atoms in total. The van der Waals surface area contributed by atoms with E-state index in [1.807, 2.05) is 13.8 Å². The SMILES string of the molecule is CC(C)C[C@H](CO)NC(=O)c1ccc(N2CCCS2(=O)=O)cc1. The molecule has 1 heterocycles. The molecule has 0 aliphatic carbocycles. The Morgan fingerprint density at radius 3 is 2.43 bits per heavy atom. The molecule has 1 amide bonds. The van der Waals surface area contributed by atoms with Gasteiger partial charge in [-0.2, -0.15) is 0 Å². The number of hydrogen-bond acceptors (Lipinski definition) is 4. The lowest BCUT2D eigenvalue weighted by Crippen LogP contribution is -2.38. The maximum Gasteiger partial charge on any atom is 0.251 e. The smallest absolute Gasteiger partial charge is 0.251 e. The standard InChI is InChI=1S/C16H24N2O4S/c1-12(2)10-14(11-19)17-16(20)13-4-6-15(7-5-13)18-8-3-9-23(18,21)22/h4-7,12,14,19H,3,8-11H2,1-2H3,(H,17,20)/t14-/m1/s1. The van der Waals surface area contributed by atoms with Crippen molar-refractivity contribution in [1.29, 1.82) is 0 Å². The molecule has 0 unspecified atom stereocenters. The Morgan fingerprint density at radius 2 is 1.96 bits per heavy atom. The van der Waals surface area contributed by atoms with E-state index in [0.29, 0.717) is 36.6 Å². The van der Waals surface area contributed by atoms with E-state index in [1.54, 1.807) is 24.3 Å². The van der Waals surface area contributed by atoms with Crippen molar-refractivity contribution in [2.75, 3.05) is 23.2 Å². The molecule has 128 valence electrons. The van der Waals surface area contributed by atoms with Crippen molar-refractivity contribution in [3.05, 3.63) is 29.8 Å². The van der Waals surface area contributed by atoms with Gasteiger partial charge in [0.1, 0.15) is 0 Å². The normalized spacial score (nSPS) is 18.2. The lowest BCUT2D eigenvalue weighted by atomic mass is 10.0. The van der Waals surface area contributed by atoms with Crippen LogP contribution >= 0.6 is 0 Å². The van der Waals surface area contributed by atoms with Crippen LogP contribution in [0.3, 0.4) is 0 Å². The zero-order valence-corrected chi connectivity index (χ0v) is 14.3. The van der Waals surface area contributed by atoms with Crippen LogP contribution in [-0.4, -0.2) is 44.4 Å². The first-order valence-electron chi connectivity index (χ1n) is 7.85. The number of hydrogen-bond donors (Lipinski definition) is 2. The molecule has 1 aliphatic heterocycles. The summed E-state index contributed by atoms with van der Waals surface area (Å²) in [5.74, 6) is 0.276. The van der Waals surface area contributed by atoms with Crippen LogP contribution in [0.2, 0.25) is 0 Å². The summed E-state index contributed by atoms with van der Waals surface area (Å²) in [6, 6.07) is 6.24. The number of carbonyl (C=O) groups excluding carboxylic acids is 1. The van der Waals surface area contributed by atoms with Crippen molar-refractivity contribution in [3.8, 4) is 0 Å². The van der Waals surface area contributed by atoms with Crippen LogP contribution in [0.5, 0.6) is 0 Å². The van der Waals surface area contributed by atoms with Gasteiger partial charge in [0.25, 0.3) is 5.91 Å². The third-order valence-corrected chi connectivity index (χ3v) is 5.70. The summed E-state index contributed by atoms with van der Waals surface area (Å²) >= 11 is 0. The number of carbonyl (C=O) groups is 1. The van der Waals surface area contributed by atoms with Gasteiger partial charge in [-0.15, -0.1) is 0 Å². The molecule has 0 aromatic heterocycles. The molecule has 2 rings (SSSR count). The quantitative estimate of drug-likeness (QED) is 0.819. The molecule has 1 aromatic rings. The molecule has 23 heavy (non-hydrogen) atoms. The highest BCUT2D eigenvalue weighted by atomic mass is 32.2. The number of aliphatic hydroxyl groups is 1. The Morgan fingerprint density at radius 1 is 1.30 bits per heavy atom. The minimum Gasteiger partial charge on any atom is -0.394 e. The van der Waals surface area contributed by atoms with Gasteiger partial charge in [-0.05, 0) is 43.0 Å². The van der Waals surface area contributed by atoms with Gasteiger partial charge in [0.15, 0.2) is 0 Å². The first-order valence-corrected chi connectivity index (χ1v) is 9.46. The third-order valence-electron chi connectivity index (χ3n) is 3.83. The van der Waals surface area contributed by atoms with E-state index < -0.39 is 10.0 Å². The second-order valence-corrected chi connectivity index (χ2v) is 8.28. The predicted octanol–water partition coefficient (Wildman–Crippen LogP) is 1.36. The topological polar surface area (TPSA) is 86.7 Å². The molecule has 2 N–H and O–H groups in total. The summed E-state index contributed by atoms with van der Waals surface area (Å²) < 4.78 is 25.2. The monoisotopic (exact) mass is 340 g/mol. The van der Waals surface area contributed by atoms with E-state index in [1.165, 1.54) is 4.31 Å². The Bertz CT molecular complexity index is 641.